The molecule has 0 amide bonds. The van der Waals surface area contributed by atoms with Crippen molar-refractivity contribution < 1.29 is 0 Å². The van der Waals surface area contributed by atoms with E-state index in [1.165, 1.54) is 5.56 Å². The molecular formula is C17H19ClN2S2. The van der Waals surface area contributed by atoms with Crippen molar-refractivity contribution in [1.82, 2.24) is 4.98 Å². The fraction of sp³-hybridized carbons (Fsp3) is 0.294. The smallest absolute Gasteiger partial charge is 0.131 e. The summed E-state index contributed by atoms with van der Waals surface area (Å²) in [5.41, 5.74) is 2.15. The topological polar surface area (TPSA) is 25.2 Å². The minimum atomic E-state index is 0.549. The van der Waals surface area contributed by atoms with Crippen LogP contribution in [0, 0.1) is 0 Å². The molecule has 1 aromatic heterocycles. The summed E-state index contributed by atoms with van der Waals surface area (Å²) >= 11 is 9.51. The lowest BCUT2D eigenvalue weighted by molar-refractivity contribution is 0.911. The Morgan fingerprint density at radius 1 is 1.27 bits per heavy atom. The summed E-state index contributed by atoms with van der Waals surface area (Å²) in [7, 11) is 0. The molecule has 0 aliphatic carbocycles. The van der Waals surface area contributed by atoms with E-state index in [-0.39, 0.29) is 0 Å². The molecule has 22 heavy (non-hydrogen) atoms. The molecular weight excluding hydrogens is 332 g/mol. The third kappa shape index (κ3) is 6.03. The lowest BCUT2D eigenvalue weighted by atomic mass is 10.2. The van der Waals surface area contributed by atoms with Crippen molar-refractivity contribution >= 4 is 45.2 Å². The summed E-state index contributed by atoms with van der Waals surface area (Å²) in [4.78, 5) is 8.86. The summed E-state index contributed by atoms with van der Waals surface area (Å²) in [6, 6.07) is 11.9. The summed E-state index contributed by atoms with van der Waals surface area (Å²) < 4.78 is 1.08. The normalized spacial score (nSPS) is 13.1. The maximum atomic E-state index is 5.93. The van der Waals surface area contributed by atoms with E-state index in [1.54, 1.807) is 24.2 Å². The molecule has 2 aromatic rings. The van der Waals surface area contributed by atoms with Crippen LogP contribution in [0.2, 0.25) is 5.02 Å². The second kappa shape index (κ2) is 9.23. The lowest BCUT2D eigenvalue weighted by Gasteiger charge is -2.11. The van der Waals surface area contributed by atoms with Gasteiger partial charge in [-0.2, -0.15) is 0 Å². The number of rotatable bonds is 5. The van der Waals surface area contributed by atoms with E-state index in [0.29, 0.717) is 5.25 Å². The minimum Gasteiger partial charge on any atom is -0.262 e. The van der Waals surface area contributed by atoms with Gasteiger partial charge in [-0.25, -0.2) is 4.99 Å². The monoisotopic (exact) mass is 350 g/mol. The quantitative estimate of drug-likeness (QED) is 0.475. The highest BCUT2D eigenvalue weighted by Gasteiger charge is 2.08. The first-order chi connectivity index (χ1) is 10.7. The number of halogens is 1. The van der Waals surface area contributed by atoms with Gasteiger partial charge >= 0.3 is 0 Å². The molecule has 2 rings (SSSR count). The molecule has 1 unspecified atom stereocenters. The first-order valence-corrected chi connectivity index (χ1v) is 9.44. The van der Waals surface area contributed by atoms with Crippen molar-refractivity contribution in [3.05, 3.63) is 59.4 Å². The zero-order valence-corrected chi connectivity index (χ0v) is 15.1. The van der Waals surface area contributed by atoms with Crippen LogP contribution >= 0.6 is 35.1 Å². The van der Waals surface area contributed by atoms with E-state index in [4.69, 9.17) is 16.6 Å². The summed E-state index contributed by atoms with van der Waals surface area (Å²) in [5, 5.41) is 1.32. The standard InChI is InChI=1S/C17H19ClN2S2/c1-3-13(2)22-17(20-16-5-4-10-19-11-16)21-12-14-6-8-15(18)9-7-14/h4-11,13H,3,12H2,1-2H3. The largest absolute Gasteiger partial charge is 0.262 e. The van der Waals surface area contributed by atoms with Crippen LogP contribution in [0.3, 0.4) is 0 Å². The average Bonchev–Trinajstić information content (AvgIpc) is 2.55. The van der Waals surface area contributed by atoms with E-state index < -0.39 is 0 Å². The van der Waals surface area contributed by atoms with Gasteiger partial charge in [0.1, 0.15) is 4.38 Å². The summed E-state index contributed by atoms with van der Waals surface area (Å²) in [6.45, 7) is 4.43. The zero-order chi connectivity index (χ0) is 15.8. The number of nitrogens with zero attached hydrogens (tertiary/aromatic N) is 2. The van der Waals surface area contributed by atoms with Crippen LogP contribution in [-0.4, -0.2) is 14.6 Å². The molecule has 1 heterocycles. The van der Waals surface area contributed by atoms with E-state index in [1.807, 2.05) is 36.0 Å². The van der Waals surface area contributed by atoms with Crippen molar-refractivity contribution in [2.75, 3.05) is 0 Å². The Labute approximate surface area is 145 Å². The first kappa shape index (κ1) is 17.4. The van der Waals surface area contributed by atoms with Gasteiger partial charge in [-0.15, -0.1) is 0 Å². The van der Waals surface area contributed by atoms with Crippen molar-refractivity contribution in [3.63, 3.8) is 0 Å². The molecule has 0 N–H and O–H groups in total. The second-order valence-corrected chi connectivity index (χ2v) is 7.93. The Bertz CT molecular complexity index is 600. The maximum absolute atomic E-state index is 5.93. The number of benzene rings is 1. The number of pyridine rings is 1. The van der Waals surface area contributed by atoms with Crippen molar-refractivity contribution in [1.29, 1.82) is 0 Å². The summed E-state index contributed by atoms with van der Waals surface area (Å²) in [6.07, 6.45) is 4.68. The molecule has 0 spiro atoms. The fourth-order valence-electron chi connectivity index (χ4n) is 1.60. The zero-order valence-electron chi connectivity index (χ0n) is 12.7. The number of aliphatic imine (C=N–C) groups is 1. The number of aromatic nitrogens is 1. The van der Waals surface area contributed by atoms with Gasteiger partial charge in [0.05, 0.1) is 11.9 Å². The Morgan fingerprint density at radius 3 is 2.68 bits per heavy atom. The van der Waals surface area contributed by atoms with Gasteiger partial charge in [-0.3, -0.25) is 4.98 Å². The molecule has 1 atom stereocenters. The average molecular weight is 351 g/mol. The fourth-order valence-corrected chi connectivity index (χ4v) is 3.99. The van der Waals surface area contributed by atoms with Gasteiger partial charge < -0.3 is 0 Å². The Balaban J connectivity index is 2.07. The first-order valence-electron chi connectivity index (χ1n) is 7.20. The lowest BCUT2D eigenvalue weighted by Crippen LogP contribution is -1.98. The molecule has 0 saturated heterocycles. The minimum absolute atomic E-state index is 0.549. The second-order valence-electron chi connectivity index (χ2n) is 4.84. The molecule has 0 aliphatic rings. The molecule has 0 radical (unpaired) electrons. The van der Waals surface area contributed by atoms with Gasteiger partial charge in [0.25, 0.3) is 0 Å². The van der Waals surface area contributed by atoms with E-state index in [2.05, 4.69) is 31.0 Å². The van der Waals surface area contributed by atoms with Crippen molar-refractivity contribution in [2.45, 2.75) is 31.3 Å². The molecule has 0 fully saturated rings. The predicted octanol–water partition coefficient (Wildman–Crippen LogP) is 6.19. The third-order valence-corrected chi connectivity index (χ3v) is 5.76. The molecule has 5 heteroatoms. The Morgan fingerprint density at radius 2 is 2.05 bits per heavy atom. The van der Waals surface area contributed by atoms with Gasteiger partial charge in [0.15, 0.2) is 0 Å². The van der Waals surface area contributed by atoms with E-state index in [0.717, 1.165) is 27.3 Å². The number of thioether (sulfide) groups is 2. The molecule has 0 bridgehead atoms. The van der Waals surface area contributed by atoms with Crippen LogP contribution in [0.1, 0.15) is 25.8 Å². The maximum Gasteiger partial charge on any atom is 0.131 e. The van der Waals surface area contributed by atoms with Gasteiger partial charge in [-0.1, -0.05) is 61.1 Å². The molecule has 0 aliphatic heterocycles. The van der Waals surface area contributed by atoms with Gasteiger partial charge in [0, 0.05) is 22.2 Å². The van der Waals surface area contributed by atoms with Crippen LogP contribution in [0.5, 0.6) is 0 Å². The van der Waals surface area contributed by atoms with E-state index in [9.17, 15) is 0 Å². The van der Waals surface area contributed by atoms with Crippen LogP contribution in [0.4, 0.5) is 5.69 Å². The molecule has 2 nitrogen and oxygen atoms in total. The Kier molecular flexibility index (Phi) is 7.30. The SMILES string of the molecule is CCC(C)SC(=Nc1cccnc1)SCc1ccc(Cl)cc1. The molecule has 116 valence electrons. The highest BCUT2D eigenvalue weighted by Crippen LogP contribution is 2.29. The number of hydrogen-bond donors (Lipinski definition) is 0. The van der Waals surface area contributed by atoms with Crippen LogP contribution in [0.15, 0.2) is 53.8 Å². The highest BCUT2D eigenvalue weighted by molar-refractivity contribution is 8.38. The van der Waals surface area contributed by atoms with Crippen molar-refractivity contribution in [2.24, 2.45) is 4.99 Å². The highest BCUT2D eigenvalue weighted by atomic mass is 35.5. The van der Waals surface area contributed by atoms with Crippen LogP contribution < -0.4 is 0 Å². The predicted molar refractivity (Wildman–Crippen MR) is 101 cm³/mol. The Hall–Kier alpha value is -0.970. The summed E-state index contributed by atoms with van der Waals surface area (Å²) in [5.74, 6) is 0.889. The molecule has 1 aromatic carbocycles. The van der Waals surface area contributed by atoms with Gasteiger partial charge in [0.2, 0.25) is 0 Å². The third-order valence-electron chi connectivity index (χ3n) is 3.02. The van der Waals surface area contributed by atoms with Gasteiger partial charge in [-0.05, 0) is 36.2 Å². The molecule has 0 saturated carbocycles. The van der Waals surface area contributed by atoms with E-state index >= 15 is 0 Å². The van der Waals surface area contributed by atoms with Crippen molar-refractivity contribution in [3.8, 4) is 0 Å². The number of hydrogen-bond acceptors (Lipinski definition) is 4. The van der Waals surface area contributed by atoms with Crippen LogP contribution in [-0.2, 0) is 5.75 Å². The van der Waals surface area contributed by atoms with Crippen LogP contribution in [0.25, 0.3) is 0 Å².